The Morgan fingerprint density at radius 1 is 1.11 bits per heavy atom. The van der Waals surface area contributed by atoms with Gasteiger partial charge in [0.25, 0.3) is 5.56 Å². The molecule has 0 atom stereocenters. The minimum absolute atomic E-state index is 0.155. The van der Waals surface area contributed by atoms with Crippen molar-refractivity contribution in [1.29, 1.82) is 0 Å². The summed E-state index contributed by atoms with van der Waals surface area (Å²) in [6.45, 7) is 0.155. The fraction of sp³-hybridized carbons (Fsp3) is 0.238. The van der Waals surface area contributed by atoms with Crippen LogP contribution in [0.15, 0.2) is 47.3 Å². The molecule has 0 saturated heterocycles. The number of fused-ring (bicyclic) bond motifs is 4. The van der Waals surface area contributed by atoms with Crippen molar-refractivity contribution in [3.05, 3.63) is 69.1 Å². The molecule has 0 bridgehead atoms. The Kier molecular flexibility index (Phi) is 3.86. The van der Waals surface area contributed by atoms with Crippen molar-refractivity contribution < 1.29 is 4.74 Å². The van der Waals surface area contributed by atoms with E-state index < -0.39 is 0 Å². The number of nitrogens with zero attached hydrogens (tertiary/aromatic N) is 2. The molecule has 1 aliphatic rings. The van der Waals surface area contributed by atoms with Gasteiger partial charge in [-0.05, 0) is 54.2 Å². The summed E-state index contributed by atoms with van der Waals surface area (Å²) in [6.07, 6.45) is 4.27. The summed E-state index contributed by atoms with van der Waals surface area (Å²) in [6, 6.07) is 14.0. The zero-order valence-corrected chi connectivity index (χ0v) is 15.6. The highest BCUT2D eigenvalue weighted by Crippen LogP contribution is 2.33. The molecule has 4 aromatic rings. The van der Waals surface area contributed by atoms with Crippen LogP contribution in [0.25, 0.3) is 21.0 Å². The first-order chi connectivity index (χ1) is 13.2. The van der Waals surface area contributed by atoms with Crippen LogP contribution < -0.4 is 16.1 Å². The normalized spacial score (nSPS) is 13.8. The lowest BCUT2D eigenvalue weighted by molar-refractivity contribution is 0.291. The maximum atomic E-state index is 12.8. The maximum Gasteiger partial charge on any atom is 0.281 e. The fourth-order valence-electron chi connectivity index (χ4n) is 3.77. The zero-order chi connectivity index (χ0) is 18.4. The predicted molar refractivity (Wildman–Crippen MR) is 109 cm³/mol. The Balaban J connectivity index is 1.49. The highest BCUT2D eigenvalue weighted by atomic mass is 32.1. The summed E-state index contributed by atoms with van der Waals surface area (Å²) in [5.41, 5.74) is 0.983. The van der Waals surface area contributed by atoms with Gasteiger partial charge in [0.1, 0.15) is 17.2 Å². The van der Waals surface area contributed by atoms with Crippen LogP contribution in [0.5, 0.6) is 5.75 Å². The van der Waals surface area contributed by atoms with E-state index in [0.717, 1.165) is 50.9 Å². The number of nitrogens with two attached hydrogens (primary N) is 1. The van der Waals surface area contributed by atoms with Crippen LogP contribution >= 0.6 is 11.3 Å². The second kappa shape index (κ2) is 6.39. The molecule has 5 nitrogen and oxygen atoms in total. The molecule has 2 aromatic carbocycles. The van der Waals surface area contributed by atoms with Crippen molar-refractivity contribution in [2.45, 2.75) is 32.3 Å². The minimum atomic E-state index is -0.170. The lowest BCUT2D eigenvalue weighted by Gasteiger charge is -2.11. The molecule has 0 spiro atoms. The van der Waals surface area contributed by atoms with E-state index in [4.69, 9.17) is 10.6 Å². The number of hydrogen-bond donors (Lipinski definition) is 1. The SMILES string of the molecule is Nn1c(COc2ccc3ccccc3c2)nc2sc3c(c2c1=O)CCCC3. The summed E-state index contributed by atoms with van der Waals surface area (Å²) in [4.78, 5) is 19.5. The van der Waals surface area contributed by atoms with Crippen molar-refractivity contribution in [2.75, 3.05) is 5.84 Å². The lowest BCUT2D eigenvalue weighted by Crippen LogP contribution is -2.32. The number of ether oxygens (including phenoxy) is 1. The van der Waals surface area contributed by atoms with Gasteiger partial charge in [0.05, 0.1) is 5.39 Å². The van der Waals surface area contributed by atoms with Gasteiger partial charge in [-0.1, -0.05) is 30.3 Å². The summed E-state index contributed by atoms with van der Waals surface area (Å²) in [5, 5.41) is 2.96. The van der Waals surface area contributed by atoms with E-state index >= 15 is 0 Å². The molecule has 5 rings (SSSR count). The van der Waals surface area contributed by atoms with Crippen LogP contribution in [-0.4, -0.2) is 9.66 Å². The zero-order valence-electron chi connectivity index (χ0n) is 14.8. The quantitative estimate of drug-likeness (QED) is 0.552. The van der Waals surface area contributed by atoms with Crippen molar-refractivity contribution in [1.82, 2.24) is 9.66 Å². The van der Waals surface area contributed by atoms with E-state index in [0.29, 0.717) is 11.2 Å². The molecule has 27 heavy (non-hydrogen) atoms. The first-order valence-corrected chi connectivity index (χ1v) is 9.95. The largest absolute Gasteiger partial charge is 0.486 e. The molecule has 136 valence electrons. The molecule has 0 amide bonds. The van der Waals surface area contributed by atoms with Gasteiger partial charge >= 0.3 is 0 Å². The van der Waals surface area contributed by atoms with E-state index in [2.05, 4.69) is 11.1 Å². The van der Waals surface area contributed by atoms with E-state index in [-0.39, 0.29) is 12.2 Å². The molecule has 6 heteroatoms. The number of benzene rings is 2. The Morgan fingerprint density at radius 2 is 1.93 bits per heavy atom. The van der Waals surface area contributed by atoms with Crippen LogP contribution in [-0.2, 0) is 19.4 Å². The monoisotopic (exact) mass is 377 g/mol. The smallest absolute Gasteiger partial charge is 0.281 e. The van der Waals surface area contributed by atoms with Crippen molar-refractivity contribution >= 4 is 32.3 Å². The Bertz CT molecular complexity index is 1230. The molecule has 0 fully saturated rings. The van der Waals surface area contributed by atoms with Crippen molar-refractivity contribution in [3.63, 3.8) is 0 Å². The molecule has 0 aliphatic heterocycles. The number of hydrogen-bond acceptors (Lipinski definition) is 5. The van der Waals surface area contributed by atoms with E-state index in [1.165, 1.54) is 11.3 Å². The first-order valence-electron chi connectivity index (χ1n) is 9.13. The lowest BCUT2D eigenvalue weighted by atomic mass is 9.97. The maximum absolute atomic E-state index is 12.8. The summed E-state index contributed by atoms with van der Waals surface area (Å²) in [5.74, 6) is 7.24. The molecule has 0 unspecified atom stereocenters. The Morgan fingerprint density at radius 3 is 2.81 bits per heavy atom. The van der Waals surface area contributed by atoms with Gasteiger partial charge in [0, 0.05) is 4.88 Å². The highest BCUT2D eigenvalue weighted by Gasteiger charge is 2.21. The molecule has 2 heterocycles. The molecule has 2 aromatic heterocycles. The number of rotatable bonds is 3. The first kappa shape index (κ1) is 16.3. The van der Waals surface area contributed by atoms with Crippen molar-refractivity contribution in [3.8, 4) is 5.75 Å². The van der Waals surface area contributed by atoms with Crippen LogP contribution in [0.1, 0.15) is 29.1 Å². The number of aryl methyl sites for hydroxylation is 2. The van der Waals surface area contributed by atoms with Crippen LogP contribution in [0, 0.1) is 0 Å². The van der Waals surface area contributed by atoms with E-state index in [1.807, 2.05) is 36.4 Å². The van der Waals surface area contributed by atoms with Gasteiger partial charge in [-0.2, -0.15) is 0 Å². The fourth-order valence-corrected chi connectivity index (χ4v) is 5.04. The summed E-state index contributed by atoms with van der Waals surface area (Å²) < 4.78 is 7.03. The van der Waals surface area contributed by atoms with Crippen LogP contribution in [0.2, 0.25) is 0 Å². The number of thiophene rings is 1. The molecular formula is C21H19N3O2S. The third-order valence-electron chi connectivity index (χ3n) is 5.18. The standard InChI is InChI=1S/C21H19N3O2S/c22-24-18(12-26-15-10-9-13-5-1-2-6-14(13)11-15)23-20-19(21(24)25)16-7-3-4-8-17(16)27-20/h1-2,5-6,9-11H,3-4,7-8,12,22H2. The second-order valence-electron chi connectivity index (χ2n) is 6.89. The van der Waals surface area contributed by atoms with Crippen LogP contribution in [0.3, 0.4) is 0 Å². The predicted octanol–water partition coefficient (Wildman–Crippen LogP) is 3.78. The third-order valence-corrected chi connectivity index (χ3v) is 6.37. The Labute approximate surface area is 160 Å². The third kappa shape index (κ3) is 2.77. The van der Waals surface area contributed by atoms with E-state index in [1.54, 1.807) is 11.3 Å². The average Bonchev–Trinajstić information content (AvgIpc) is 3.08. The molecule has 2 N–H and O–H groups in total. The average molecular weight is 377 g/mol. The van der Waals surface area contributed by atoms with Gasteiger partial charge in [0.2, 0.25) is 0 Å². The number of nitrogen functional groups attached to an aromatic ring is 1. The molecule has 1 aliphatic carbocycles. The van der Waals surface area contributed by atoms with Crippen LogP contribution in [0.4, 0.5) is 0 Å². The minimum Gasteiger partial charge on any atom is -0.486 e. The highest BCUT2D eigenvalue weighted by molar-refractivity contribution is 7.18. The Hall–Kier alpha value is -2.86. The van der Waals surface area contributed by atoms with E-state index in [9.17, 15) is 4.79 Å². The van der Waals surface area contributed by atoms with Gasteiger partial charge in [0.15, 0.2) is 5.82 Å². The molecule has 0 radical (unpaired) electrons. The topological polar surface area (TPSA) is 70.1 Å². The van der Waals surface area contributed by atoms with Gasteiger partial charge in [-0.3, -0.25) is 4.79 Å². The second-order valence-corrected chi connectivity index (χ2v) is 7.98. The summed E-state index contributed by atoms with van der Waals surface area (Å²) >= 11 is 1.62. The van der Waals surface area contributed by atoms with Gasteiger partial charge < -0.3 is 10.6 Å². The van der Waals surface area contributed by atoms with Crippen molar-refractivity contribution in [2.24, 2.45) is 0 Å². The number of aromatic nitrogens is 2. The molecular weight excluding hydrogens is 358 g/mol. The molecule has 0 saturated carbocycles. The van der Waals surface area contributed by atoms with Gasteiger partial charge in [-0.15, -0.1) is 11.3 Å². The van der Waals surface area contributed by atoms with Gasteiger partial charge in [-0.25, -0.2) is 9.66 Å². The summed E-state index contributed by atoms with van der Waals surface area (Å²) in [7, 11) is 0.